The van der Waals surface area contributed by atoms with Gasteiger partial charge < -0.3 is 10.5 Å². The zero-order valence-electron chi connectivity index (χ0n) is 9.81. The molecule has 0 aliphatic rings. The molecule has 0 unspecified atom stereocenters. The minimum absolute atomic E-state index is 0.162. The number of carbonyl (C=O) groups is 1. The van der Waals surface area contributed by atoms with Crippen LogP contribution in [-0.2, 0) is 0 Å². The molecule has 4 heteroatoms. The van der Waals surface area contributed by atoms with Crippen molar-refractivity contribution >= 4 is 11.5 Å². The lowest BCUT2D eigenvalue weighted by Crippen LogP contribution is -2.07. The molecule has 18 heavy (non-hydrogen) atoms. The highest BCUT2D eigenvalue weighted by molar-refractivity contribution is 6.13. The van der Waals surface area contributed by atoms with E-state index in [0.717, 1.165) is 6.07 Å². The molecule has 0 amide bonds. The van der Waals surface area contributed by atoms with E-state index < -0.39 is 5.82 Å². The van der Waals surface area contributed by atoms with Crippen molar-refractivity contribution in [3.05, 3.63) is 59.4 Å². The molecule has 0 fully saturated rings. The van der Waals surface area contributed by atoms with Crippen LogP contribution in [0.2, 0.25) is 0 Å². The second-order valence-corrected chi connectivity index (χ2v) is 3.76. The van der Waals surface area contributed by atoms with Gasteiger partial charge in [0, 0.05) is 11.3 Å². The fourth-order valence-corrected chi connectivity index (χ4v) is 1.71. The highest BCUT2D eigenvalue weighted by Crippen LogP contribution is 2.24. The molecule has 2 N–H and O–H groups in total. The highest BCUT2D eigenvalue weighted by atomic mass is 19.1. The number of hydrogen-bond donors (Lipinski definition) is 1. The number of nitrogens with two attached hydrogens (primary N) is 1. The Morgan fingerprint density at radius 1 is 1.17 bits per heavy atom. The zero-order valence-corrected chi connectivity index (χ0v) is 9.81. The first-order valence-electron chi connectivity index (χ1n) is 5.36. The van der Waals surface area contributed by atoms with Gasteiger partial charge in [0.25, 0.3) is 0 Å². The number of benzene rings is 2. The Hall–Kier alpha value is -2.36. The van der Waals surface area contributed by atoms with Gasteiger partial charge in [0.15, 0.2) is 5.78 Å². The van der Waals surface area contributed by atoms with Gasteiger partial charge >= 0.3 is 0 Å². The molecule has 3 nitrogen and oxygen atoms in total. The van der Waals surface area contributed by atoms with E-state index in [1.54, 1.807) is 24.3 Å². The molecule has 2 aromatic rings. The molecule has 0 heterocycles. The van der Waals surface area contributed by atoms with Crippen molar-refractivity contribution in [2.45, 2.75) is 0 Å². The summed E-state index contributed by atoms with van der Waals surface area (Å²) in [5.74, 6) is -0.525. The van der Waals surface area contributed by atoms with E-state index in [2.05, 4.69) is 0 Å². The number of ether oxygens (including phenoxy) is 1. The minimum Gasteiger partial charge on any atom is -0.496 e. The van der Waals surface area contributed by atoms with Crippen LogP contribution in [0.15, 0.2) is 42.5 Å². The van der Waals surface area contributed by atoms with Gasteiger partial charge in [-0.25, -0.2) is 4.39 Å². The van der Waals surface area contributed by atoms with Gasteiger partial charge in [-0.15, -0.1) is 0 Å². The first-order chi connectivity index (χ1) is 8.63. The summed E-state index contributed by atoms with van der Waals surface area (Å²) in [7, 11) is 1.43. The van der Waals surface area contributed by atoms with E-state index in [0.29, 0.717) is 17.0 Å². The summed E-state index contributed by atoms with van der Waals surface area (Å²) in [6.07, 6.45) is 0. The van der Waals surface area contributed by atoms with Gasteiger partial charge in [-0.3, -0.25) is 4.79 Å². The molecule has 2 rings (SSSR count). The molecular weight excluding hydrogens is 233 g/mol. The predicted molar refractivity (Wildman–Crippen MR) is 67.2 cm³/mol. The summed E-state index contributed by atoms with van der Waals surface area (Å²) < 4.78 is 18.3. The Balaban J connectivity index is 2.52. The quantitative estimate of drug-likeness (QED) is 0.668. The lowest BCUT2D eigenvalue weighted by molar-refractivity contribution is 0.103. The summed E-state index contributed by atoms with van der Waals surface area (Å²) in [6, 6.07) is 10.5. The summed E-state index contributed by atoms with van der Waals surface area (Å²) >= 11 is 0. The first kappa shape index (κ1) is 12.1. The molecular formula is C14H12FNO2. The van der Waals surface area contributed by atoms with Gasteiger partial charge in [-0.05, 0) is 30.3 Å². The van der Waals surface area contributed by atoms with Crippen LogP contribution in [-0.4, -0.2) is 12.9 Å². The third kappa shape index (κ3) is 2.18. The van der Waals surface area contributed by atoms with E-state index in [1.807, 2.05) is 0 Å². The Morgan fingerprint density at radius 2 is 1.89 bits per heavy atom. The molecule has 0 saturated carbocycles. The molecule has 0 aliphatic heterocycles. The molecule has 92 valence electrons. The third-order valence-electron chi connectivity index (χ3n) is 2.61. The van der Waals surface area contributed by atoms with Crippen LogP contribution in [0.25, 0.3) is 0 Å². The van der Waals surface area contributed by atoms with Crippen molar-refractivity contribution in [3.8, 4) is 5.75 Å². The second kappa shape index (κ2) is 4.87. The number of rotatable bonds is 3. The van der Waals surface area contributed by atoms with Crippen molar-refractivity contribution in [1.82, 2.24) is 0 Å². The Morgan fingerprint density at radius 3 is 2.56 bits per heavy atom. The molecule has 0 radical (unpaired) electrons. The third-order valence-corrected chi connectivity index (χ3v) is 2.61. The SMILES string of the molecule is COc1ccc(F)cc1C(=O)c1ccccc1N. The van der Waals surface area contributed by atoms with Gasteiger partial charge in [0.2, 0.25) is 0 Å². The molecule has 0 spiro atoms. The number of para-hydroxylation sites is 1. The molecule has 0 bridgehead atoms. The summed E-state index contributed by atoms with van der Waals surface area (Å²) in [4.78, 5) is 12.3. The lowest BCUT2D eigenvalue weighted by atomic mass is 10.0. The number of anilines is 1. The fraction of sp³-hybridized carbons (Fsp3) is 0.0714. The number of halogens is 1. The van der Waals surface area contributed by atoms with E-state index in [1.165, 1.54) is 19.2 Å². The minimum atomic E-state index is -0.492. The maximum Gasteiger partial charge on any atom is 0.198 e. The van der Waals surface area contributed by atoms with Crippen LogP contribution in [0.1, 0.15) is 15.9 Å². The van der Waals surface area contributed by atoms with Crippen molar-refractivity contribution in [3.63, 3.8) is 0 Å². The maximum absolute atomic E-state index is 13.2. The number of methoxy groups -OCH3 is 1. The molecule has 0 atom stereocenters. The van der Waals surface area contributed by atoms with E-state index in [9.17, 15) is 9.18 Å². The Labute approximate surface area is 104 Å². The Bertz CT molecular complexity index is 596. The van der Waals surface area contributed by atoms with Gasteiger partial charge in [-0.2, -0.15) is 0 Å². The fourth-order valence-electron chi connectivity index (χ4n) is 1.71. The summed E-state index contributed by atoms with van der Waals surface area (Å²) in [6.45, 7) is 0. The van der Waals surface area contributed by atoms with Crippen molar-refractivity contribution < 1.29 is 13.9 Å². The van der Waals surface area contributed by atoms with Gasteiger partial charge in [-0.1, -0.05) is 12.1 Å². The van der Waals surface area contributed by atoms with Gasteiger partial charge in [0.05, 0.1) is 12.7 Å². The number of carbonyl (C=O) groups excluding carboxylic acids is 1. The normalized spacial score (nSPS) is 10.1. The van der Waals surface area contributed by atoms with Crippen LogP contribution in [0.5, 0.6) is 5.75 Å². The van der Waals surface area contributed by atoms with E-state index in [4.69, 9.17) is 10.5 Å². The second-order valence-electron chi connectivity index (χ2n) is 3.76. The highest BCUT2D eigenvalue weighted by Gasteiger charge is 2.17. The average Bonchev–Trinajstić information content (AvgIpc) is 2.38. The molecule has 2 aromatic carbocycles. The molecule has 0 aliphatic carbocycles. The number of nitrogen functional groups attached to an aromatic ring is 1. The van der Waals surface area contributed by atoms with Crippen molar-refractivity contribution in [2.75, 3.05) is 12.8 Å². The van der Waals surface area contributed by atoms with E-state index in [-0.39, 0.29) is 11.3 Å². The van der Waals surface area contributed by atoms with Gasteiger partial charge in [0.1, 0.15) is 11.6 Å². The standard InChI is InChI=1S/C14H12FNO2/c1-18-13-7-6-9(15)8-11(13)14(17)10-4-2-3-5-12(10)16/h2-8H,16H2,1H3. The smallest absolute Gasteiger partial charge is 0.198 e. The number of hydrogen-bond acceptors (Lipinski definition) is 3. The van der Waals surface area contributed by atoms with E-state index >= 15 is 0 Å². The van der Waals surface area contributed by atoms with Crippen LogP contribution < -0.4 is 10.5 Å². The first-order valence-corrected chi connectivity index (χ1v) is 5.36. The van der Waals surface area contributed by atoms with Crippen molar-refractivity contribution in [2.24, 2.45) is 0 Å². The van der Waals surface area contributed by atoms with Crippen LogP contribution in [0.4, 0.5) is 10.1 Å². The maximum atomic E-state index is 13.2. The molecule has 0 saturated heterocycles. The zero-order chi connectivity index (χ0) is 13.1. The lowest BCUT2D eigenvalue weighted by Gasteiger charge is -2.09. The van der Waals surface area contributed by atoms with Crippen molar-refractivity contribution in [1.29, 1.82) is 0 Å². The Kier molecular flexibility index (Phi) is 3.28. The topological polar surface area (TPSA) is 52.3 Å². The average molecular weight is 245 g/mol. The van der Waals surface area contributed by atoms with Crippen LogP contribution >= 0.6 is 0 Å². The number of ketones is 1. The van der Waals surface area contributed by atoms with Crippen LogP contribution in [0, 0.1) is 5.82 Å². The molecule has 0 aromatic heterocycles. The largest absolute Gasteiger partial charge is 0.496 e. The monoisotopic (exact) mass is 245 g/mol. The summed E-state index contributed by atoms with van der Waals surface area (Å²) in [5, 5.41) is 0. The summed E-state index contributed by atoms with van der Waals surface area (Å²) in [5.41, 5.74) is 6.59. The van der Waals surface area contributed by atoms with Crippen LogP contribution in [0.3, 0.4) is 0 Å². The predicted octanol–water partition coefficient (Wildman–Crippen LogP) is 2.65.